The summed E-state index contributed by atoms with van der Waals surface area (Å²) < 4.78 is 25.3. The molecule has 1 atom stereocenters. The van der Waals surface area contributed by atoms with Crippen molar-refractivity contribution in [3.8, 4) is 0 Å². The molecule has 2 N–H and O–H groups in total. The molecule has 7 nitrogen and oxygen atoms in total. The SMILES string of the molecule is C[C@@]1(F)COCc2ccc(C(=O)NCC(=O)Nc3nc(C4CCOCC4)cs3)cc21. The average molecular weight is 434 g/mol. The third-order valence-corrected chi connectivity index (χ3v) is 6.16. The van der Waals surface area contributed by atoms with Gasteiger partial charge in [-0.15, -0.1) is 11.3 Å². The maximum Gasteiger partial charge on any atom is 0.251 e. The molecule has 1 aromatic heterocycles. The smallest absolute Gasteiger partial charge is 0.251 e. The lowest BCUT2D eigenvalue weighted by atomic mass is 9.90. The van der Waals surface area contributed by atoms with E-state index in [2.05, 4.69) is 15.6 Å². The van der Waals surface area contributed by atoms with Crippen LogP contribution in [-0.2, 0) is 26.5 Å². The molecule has 4 rings (SSSR count). The molecule has 2 aromatic rings. The van der Waals surface area contributed by atoms with E-state index >= 15 is 0 Å². The molecular weight excluding hydrogens is 409 g/mol. The van der Waals surface area contributed by atoms with E-state index in [9.17, 15) is 14.0 Å². The van der Waals surface area contributed by atoms with Crippen LogP contribution < -0.4 is 10.6 Å². The minimum absolute atomic E-state index is 0.0445. The Kier molecular flexibility index (Phi) is 6.12. The Hall–Kier alpha value is -2.36. The van der Waals surface area contributed by atoms with Crippen molar-refractivity contribution in [2.75, 3.05) is 31.7 Å². The fraction of sp³-hybridized carbons (Fsp3) is 0.476. The van der Waals surface area contributed by atoms with Gasteiger partial charge in [0.05, 0.1) is 25.5 Å². The number of hydrogen-bond acceptors (Lipinski definition) is 6. The van der Waals surface area contributed by atoms with E-state index in [-0.39, 0.29) is 19.1 Å². The van der Waals surface area contributed by atoms with E-state index < -0.39 is 11.6 Å². The molecule has 2 aliphatic rings. The van der Waals surface area contributed by atoms with Crippen LogP contribution in [0.4, 0.5) is 9.52 Å². The van der Waals surface area contributed by atoms with Gasteiger partial charge in [0.25, 0.3) is 5.91 Å². The summed E-state index contributed by atoms with van der Waals surface area (Å²) in [5, 5.41) is 7.76. The number of amides is 2. The molecule has 2 amide bonds. The highest BCUT2D eigenvalue weighted by Gasteiger charge is 2.33. The van der Waals surface area contributed by atoms with Gasteiger partial charge in [-0.2, -0.15) is 0 Å². The van der Waals surface area contributed by atoms with Crippen molar-refractivity contribution in [1.29, 1.82) is 0 Å². The molecule has 160 valence electrons. The zero-order valence-electron chi connectivity index (χ0n) is 16.7. The summed E-state index contributed by atoms with van der Waals surface area (Å²) in [6, 6.07) is 4.83. The number of nitrogens with zero attached hydrogens (tertiary/aromatic N) is 1. The van der Waals surface area contributed by atoms with Gasteiger partial charge in [-0.1, -0.05) is 6.07 Å². The summed E-state index contributed by atoms with van der Waals surface area (Å²) in [4.78, 5) is 29.1. The number of carbonyl (C=O) groups is 2. The maximum atomic E-state index is 14.7. The van der Waals surface area contributed by atoms with E-state index in [0.717, 1.165) is 37.3 Å². The van der Waals surface area contributed by atoms with Gasteiger partial charge in [0.2, 0.25) is 5.91 Å². The van der Waals surface area contributed by atoms with Crippen molar-refractivity contribution in [2.45, 2.75) is 38.0 Å². The van der Waals surface area contributed by atoms with Crippen LogP contribution in [0.15, 0.2) is 23.6 Å². The third kappa shape index (κ3) is 4.69. The third-order valence-electron chi connectivity index (χ3n) is 5.38. The van der Waals surface area contributed by atoms with Crippen LogP contribution in [0.2, 0.25) is 0 Å². The van der Waals surface area contributed by atoms with Crippen molar-refractivity contribution in [1.82, 2.24) is 10.3 Å². The Balaban J connectivity index is 1.32. The molecule has 0 radical (unpaired) electrons. The van der Waals surface area contributed by atoms with Gasteiger partial charge in [-0.3, -0.25) is 9.59 Å². The number of aromatic nitrogens is 1. The molecule has 2 aliphatic heterocycles. The minimum atomic E-state index is -1.64. The molecule has 1 fully saturated rings. The maximum absolute atomic E-state index is 14.7. The molecule has 0 aliphatic carbocycles. The summed E-state index contributed by atoms with van der Waals surface area (Å²) in [7, 11) is 0. The molecule has 30 heavy (non-hydrogen) atoms. The first kappa shape index (κ1) is 20.9. The number of fused-ring (bicyclic) bond motifs is 1. The molecule has 9 heteroatoms. The molecule has 3 heterocycles. The van der Waals surface area contributed by atoms with Gasteiger partial charge in [0.15, 0.2) is 10.8 Å². The second-order valence-corrected chi connectivity index (χ2v) is 8.62. The highest BCUT2D eigenvalue weighted by Crippen LogP contribution is 2.34. The highest BCUT2D eigenvalue weighted by molar-refractivity contribution is 7.13. The second kappa shape index (κ2) is 8.79. The highest BCUT2D eigenvalue weighted by atomic mass is 32.1. The number of nitrogens with one attached hydrogen (secondary N) is 2. The lowest BCUT2D eigenvalue weighted by molar-refractivity contribution is -0.115. The number of anilines is 1. The first-order valence-corrected chi connectivity index (χ1v) is 10.8. The van der Waals surface area contributed by atoms with Crippen molar-refractivity contribution in [3.05, 3.63) is 46.0 Å². The van der Waals surface area contributed by atoms with E-state index in [1.54, 1.807) is 12.1 Å². The minimum Gasteiger partial charge on any atom is -0.381 e. The number of hydrogen-bond donors (Lipinski definition) is 2. The Morgan fingerprint density at radius 1 is 1.30 bits per heavy atom. The molecular formula is C21H24FN3O4S. The monoisotopic (exact) mass is 433 g/mol. The number of halogens is 1. The predicted octanol–water partition coefficient (Wildman–Crippen LogP) is 3.12. The van der Waals surface area contributed by atoms with Crippen LogP contribution >= 0.6 is 11.3 Å². The zero-order chi connectivity index (χ0) is 21.1. The number of ether oxygens (including phenoxy) is 2. The first-order chi connectivity index (χ1) is 14.4. The standard InChI is InChI=1S/C21H24FN3O4S/c1-21(22)12-29-10-15-3-2-14(8-16(15)21)19(27)23-9-18(26)25-20-24-17(11-30-20)13-4-6-28-7-5-13/h2-3,8,11,13H,4-7,9-10,12H2,1H3,(H,23,27)(H,24,25,26)/t21-/m1/s1. The van der Waals surface area contributed by atoms with Crippen LogP contribution in [0.25, 0.3) is 0 Å². The van der Waals surface area contributed by atoms with Gasteiger partial charge in [0, 0.05) is 30.1 Å². The van der Waals surface area contributed by atoms with Crippen LogP contribution in [0.5, 0.6) is 0 Å². The summed E-state index contributed by atoms with van der Waals surface area (Å²) in [6.07, 6.45) is 1.86. The lowest BCUT2D eigenvalue weighted by Crippen LogP contribution is -2.34. The lowest BCUT2D eigenvalue weighted by Gasteiger charge is -2.29. The molecule has 1 aromatic carbocycles. The van der Waals surface area contributed by atoms with Crippen molar-refractivity contribution >= 4 is 28.3 Å². The number of thiazole rings is 1. The van der Waals surface area contributed by atoms with Crippen molar-refractivity contribution in [2.24, 2.45) is 0 Å². The molecule has 0 unspecified atom stereocenters. The van der Waals surface area contributed by atoms with Crippen LogP contribution in [0.3, 0.4) is 0 Å². The van der Waals surface area contributed by atoms with Crippen molar-refractivity contribution < 1.29 is 23.5 Å². The van der Waals surface area contributed by atoms with Gasteiger partial charge in [-0.05, 0) is 43.0 Å². The molecule has 1 saturated heterocycles. The summed E-state index contributed by atoms with van der Waals surface area (Å²) >= 11 is 1.37. The first-order valence-electron chi connectivity index (χ1n) is 9.94. The number of carbonyl (C=O) groups excluding carboxylic acids is 2. The summed E-state index contributed by atoms with van der Waals surface area (Å²) in [6.45, 7) is 2.97. The molecule has 0 saturated carbocycles. The number of benzene rings is 1. The topological polar surface area (TPSA) is 89.5 Å². The van der Waals surface area contributed by atoms with E-state index in [1.165, 1.54) is 24.3 Å². The Morgan fingerprint density at radius 3 is 2.90 bits per heavy atom. The van der Waals surface area contributed by atoms with Crippen LogP contribution in [0.1, 0.15) is 52.9 Å². The molecule has 0 bridgehead atoms. The average Bonchev–Trinajstić information content (AvgIpc) is 3.21. The number of rotatable bonds is 5. The van der Waals surface area contributed by atoms with E-state index in [4.69, 9.17) is 9.47 Å². The van der Waals surface area contributed by atoms with Crippen molar-refractivity contribution in [3.63, 3.8) is 0 Å². The Labute approximate surface area is 178 Å². The second-order valence-electron chi connectivity index (χ2n) is 7.76. The van der Waals surface area contributed by atoms with E-state index in [0.29, 0.717) is 28.8 Å². The predicted molar refractivity (Wildman–Crippen MR) is 110 cm³/mol. The quantitative estimate of drug-likeness (QED) is 0.756. The Morgan fingerprint density at radius 2 is 2.10 bits per heavy atom. The van der Waals surface area contributed by atoms with Gasteiger partial charge in [-0.25, -0.2) is 9.37 Å². The molecule has 0 spiro atoms. The number of alkyl halides is 1. The zero-order valence-corrected chi connectivity index (χ0v) is 17.5. The summed E-state index contributed by atoms with van der Waals surface area (Å²) in [5.41, 5.74) is 0.811. The summed E-state index contributed by atoms with van der Waals surface area (Å²) in [5.74, 6) is -0.439. The van der Waals surface area contributed by atoms with Crippen LogP contribution in [-0.4, -0.2) is 43.2 Å². The normalized spacial score (nSPS) is 21.7. The largest absolute Gasteiger partial charge is 0.381 e. The fourth-order valence-corrected chi connectivity index (χ4v) is 4.52. The Bertz CT molecular complexity index is 940. The fourth-order valence-electron chi connectivity index (χ4n) is 3.71. The van der Waals surface area contributed by atoms with Crippen LogP contribution in [0, 0.1) is 0 Å². The van der Waals surface area contributed by atoms with Gasteiger partial charge in [0.1, 0.15) is 0 Å². The van der Waals surface area contributed by atoms with Gasteiger partial charge < -0.3 is 20.1 Å². The van der Waals surface area contributed by atoms with Gasteiger partial charge >= 0.3 is 0 Å². The van der Waals surface area contributed by atoms with E-state index in [1.807, 2.05) is 5.38 Å².